The molecular weight excluding hydrogens is 1000 g/mol. The van der Waals surface area contributed by atoms with Gasteiger partial charge in [0.25, 0.3) is 37.5 Å². The Balaban J connectivity index is 0.000000211. The van der Waals surface area contributed by atoms with Gasteiger partial charge in [-0.25, -0.2) is 16.8 Å². The van der Waals surface area contributed by atoms with E-state index in [1.807, 2.05) is 0 Å². The second-order valence-electron chi connectivity index (χ2n) is 16.6. The number of nitrogens with one attached hydrogen (secondary N) is 4. The number of nitro groups is 1. The molecule has 0 atom stereocenters. The first-order valence-corrected chi connectivity index (χ1v) is 27.2. The molecule has 8 rings (SSSR count). The molecule has 4 heterocycles. The lowest BCUT2D eigenvalue weighted by molar-refractivity contribution is -0.384. The number of methoxy groups -OCH3 is 2. The summed E-state index contributed by atoms with van der Waals surface area (Å²) in [5, 5.41) is 23.4. The minimum absolute atomic E-state index is 0.00263. The molecular formula is C49H54N8O11S4. The zero-order chi connectivity index (χ0) is 51.4. The molecule has 380 valence electrons. The number of thiophene rings is 2. The standard InChI is InChI=1S/C25H28N4O5S2.C24H26N4O6S2/c1-34-21-4-2-3-18(15-21)25(31)27-16-22-9-10-23(35-22)36(32,33)29-13-11-20(12-14-29)28-19-7-5-17(6-8-19)24(26)30;1-34-19-6-4-5-17(15-19)24(29)25-16-20-9-10-23(35-20)36(32,33)27-13-11-18(12-14-27)26-21-7-2-3-8-22(21)28(30)31/h2-10,15,20,28H,11-14,16H2,1H3,(H2,26,30)(H,27,31);2-10,15,18,26H,11-14,16H2,1H3,(H,25,29). The number of piperidine rings is 2. The lowest BCUT2D eigenvalue weighted by Gasteiger charge is -2.31. The number of nitrogens with zero attached hydrogens (tertiary/aromatic N) is 3. The van der Waals surface area contributed by atoms with E-state index in [2.05, 4.69) is 21.3 Å². The van der Waals surface area contributed by atoms with Gasteiger partial charge in [-0.2, -0.15) is 8.61 Å². The fraction of sp³-hybridized carbons (Fsp3) is 0.286. The molecule has 0 radical (unpaired) electrons. The van der Waals surface area contributed by atoms with Crippen LogP contribution in [0.2, 0.25) is 0 Å². The molecule has 2 saturated heterocycles. The second-order valence-corrected chi connectivity index (χ2v) is 23.3. The summed E-state index contributed by atoms with van der Waals surface area (Å²) in [5.41, 5.74) is 7.93. The number of carbonyl (C=O) groups is 3. The lowest BCUT2D eigenvalue weighted by Crippen LogP contribution is -2.42. The molecule has 3 amide bonds. The fourth-order valence-corrected chi connectivity index (χ4v) is 13.8. The highest BCUT2D eigenvalue weighted by molar-refractivity contribution is 7.91. The van der Waals surface area contributed by atoms with Gasteiger partial charge in [0.1, 0.15) is 25.6 Å². The van der Waals surface area contributed by atoms with Crippen molar-refractivity contribution >= 4 is 77.5 Å². The van der Waals surface area contributed by atoms with Crippen LogP contribution in [0.5, 0.6) is 11.5 Å². The van der Waals surface area contributed by atoms with Crippen LogP contribution in [0.4, 0.5) is 17.1 Å². The monoisotopic (exact) mass is 1060 g/mol. The normalized spacial score (nSPS) is 14.8. The van der Waals surface area contributed by atoms with E-state index in [0.717, 1.165) is 38.1 Å². The number of rotatable bonds is 18. The van der Waals surface area contributed by atoms with Crippen LogP contribution in [0.3, 0.4) is 0 Å². The molecule has 2 aliphatic heterocycles. The molecule has 72 heavy (non-hydrogen) atoms. The second kappa shape index (κ2) is 24.0. The third kappa shape index (κ3) is 13.5. The SMILES string of the molecule is COc1cccc(C(=O)NCc2ccc(S(=O)(=O)N3CCC(Nc4ccc(C(N)=O)cc4)CC3)s2)c1.COc1cccc(C(=O)NCc2ccc(S(=O)(=O)N3CCC(Nc4ccccc4[N+](=O)[O-])CC3)s2)c1. The number of para-hydroxylation sites is 2. The maximum absolute atomic E-state index is 13.2. The molecule has 4 aromatic carbocycles. The Morgan fingerprint density at radius 3 is 1.53 bits per heavy atom. The number of hydrogen-bond donors (Lipinski definition) is 5. The number of carbonyl (C=O) groups excluding carboxylic acids is 3. The summed E-state index contributed by atoms with van der Waals surface area (Å²) in [7, 11) is -4.22. The summed E-state index contributed by atoms with van der Waals surface area (Å²) in [6.07, 6.45) is 2.37. The van der Waals surface area contributed by atoms with Gasteiger partial charge in [-0.05, 0) is 117 Å². The number of benzene rings is 4. The summed E-state index contributed by atoms with van der Waals surface area (Å²) >= 11 is 2.29. The van der Waals surface area contributed by atoms with Crippen LogP contribution >= 0.6 is 22.7 Å². The van der Waals surface area contributed by atoms with Crippen molar-refractivity contribution in [1.29, 1.82) is 0 Å². The van der Waals surface area contributed by atoms with Crippen molar-refractivity contribution in [2.75, 3.05) is 51.0 Å². The van der Waals surface area contributed by atoms with Gasteiger partial charge in [0.05, 0.1) is 32.2 Å². The highest BCUT2D eigenvalue weighted by Gasteiger charge is 2.32. The summed E-state index contributed by atoms with van der Waals surface area (Å²) in [5.74, 6) is 0.154. The molecule has 19 nitrogen and oxygen atoms in total. The number of sulfonamides is 2. The summed E-state index contributed by atoms with van der Waals surface area (Å²) < 4.78 is 66.4. The van der Waals surface area contributed by atoms with E-state index in [1.165, 1.54) is 28.9 Å². The van der Waals surface area contributed by atoms with E-state index in [1.54, 1.807) is 115 Å². The number of primary amides is 1. The number of ether oxygens (including phenoxy) is 2. The number of amides is 3. The Labute approximate surface area is 425 Å². The van der Waals surface area contributed by atoms with Crippen LogP contribution in [-0.4, -0.2) is 101 Å². The van der Waals surface area contributed by atoms with E-state index in [0.29, 0.717) is 85.7 Å². The molecule has 2 aliphatic rings. The largest absolute Gasteiger partial charge is 0.497 e. The molecule has 2 fully saturated rings. The van der Waals surface area contributed by atoms with E-state index in [4.69, 9.17) is 15.2 Å². The minimum Gasteiger partial charge on any atom is -0.497 e. The Hall–Kier alpha value is -6.89. The third-order valence-corrected chi connectivity index (χ3v) is 18.8. The van der Waals surface area contributed by atoms with Crippen molar-refractivity contribution < 1.29 is 45.6 Å². The Morgan fingerprint density at radius 1 is 0.625 bits per heavy atom. The molecule has 23 heteroatoms. The van der Waals surface area contributed by atoms with Crippen LogP contribution < -0.4 is 36.5 Å². The van der Waals surface area contributed by atoms with Crippen molar-refractivity contribution in [3.05, 3.63) is 158 Å². The predicted molar refractivity (Wildman–Crippen MR) is 276 cm³/mol. The average Bonchev–Trinajstić information content (AvgIpc) is 4.10. The van der Waals surface area contributed by atoms with E-state index in [-0.39, 0.29) is 51.1 Å². The predicted octanol–water partition coefficient (Wildman–Crippen LogP) is 6.91. The van der Waals surface area contributed by atoms with E-state index < -0.39 is 30.9 Å². The number of nitrogens with two attached hydrogens (primary N) is 1. The first-order valence-electron chi connectivity index (χ1n) is 22.7. The van der Waals surface area contributed by atoms with Crippen molar-refractivity contribution in [1.82, 2.24) is 19.2 Å². The molecule has 6 N–H and O–H groups in total. The maximum atomic E-state index is 13.2. The number of hydrogen-bond acceptors (Lipinski definition) is 15. The number of anilines is 2. The Kier molecular flexibility index (Phi) is 17.7. The highest BCUT2D eigenvalue weighted by Crippen LogP contribution is 2.31. The van der Waals surface area contributed by atoms with Gasteiger partial charge in [0.15, 0.2) is 0 Å². The van der Waals surface area contributed by atoms with Gasteiger partial charge >= 0.3 is 0 Å². The molecule has 0 unspecified atom stereocenters. The topological polar surface area (TPSA) is 262 Å². The number of nitro benzene ring substituents is 1. The zero-order valence-corrected chi connectivity index (χ0v) is 42.6. The van der Waals surface area contributed by atoms with Gasteiger partial charge in [0, 0.05) is 76.5 Å². The van der Waals surface area contributed by atoms with Crippen LogP contribution in [0.25, 0.3) is 0 Å². The van der Waals surface area contributed by atoms with Gasteiger partial charge in [-0.3, -0.25) is 24.5 Å². The van der Waals surface area contributed by atoms with Crippen molar-refractivity contribution in [3.63, 3.8) is 0 Å². The van der Waals surface area contributed by atoms with E-state index in [9.17, 15) is 41.3 Å². The van der Waals surface area contributed by atoms with Crippen LogP contribution in [0.15, 0.2) is 130 Å². The lowest BCUT2D eigenvalue weighted by atomic mass is 10.1. The molecule has 0 aliphatic carbocycles. The quantitative estimate of drug-likeness (QED) is 0.0433. The maximum Gasteiger partial charge on any atom is 0.292 e. The highest BCUT2D eigenvalue weighted by atomic mass is 32.3. The molecule has 2 aromatic heterocycles. The summed E-state index contributed by atoms with van der Waals surface area (Å²) in [6.45, 7) is 1.86. The van der Waals surface area contributed by atoms with Gasteiger partial charge in [-0.15, -0.1) is 22.7 Å². The minimum atomic E-state index is -3.67. The summed E-state index contributed by atoms with van der Waals surface area (Å²) in [6, 6.07) is 33.6. The summed E-state index contributed by atoms with van der Waals surface area (Å²) in [4.78, 5) is 48.3. The fourth-order valence-electron chi connectivity index (χ4n) is 7.93. The van der Waals surface area contributed by atoms with Gasteiger partial charge in [0.2, 0.25) is 5.91 Å². The third-order valence-electron chi connectivity index (χ3n) is 11.9. The van der Waals surface area contributed by atoms with Crippen molar-refractivity contribution in [3.8, 4) is 11.5 Å². The van der Waals surface area contributed by atoms with Crippen LogP contribution in [0.1, 0.15) is 66.5 Å². The first-order chi connectivity index (χ1) is 34.5. The Bertz CT molecular complexity index is 3090. The van der Waals surface area contributed by atoms with Crippen LogP contribution in [0, 0.1) is 10.1 Å². The van der Waals surface area contributed by atoms with Gasteiger partial charge < -0.3 is 36.5 Å². The Morgan fingerprint density at radius 2 is 1.08 bits per heavy atom. The smallest absolute Gasteiger partial charge is 0.292 e. The average molecular weight is 1060 g/mol. The molecule has 0 saturated carbocycles. The van der Waals surface area contributed by atoms with Crippen molar-refractivity contribution in [2.45, 2.75) is 59.3 Å². The van der Waals surface area contributed by atoms with Crippen LogP contribution in [-0.2, 0) is 33.1 Å². The van der Waals surface area contributed by atoms with E-state index >= 15 is 0 Å². The first kappa shape index (κ1) is 52.9. The van der Waals surface area contributed by atoms with Crippen molar-refractivity contribution in [2.24, 2.45) is 5.73 Å². The molecule has 0 spiro atoms. The zero-order valence-electron chi connectivity index (χ0n) is 39.3. The molecule has 6 aromatic rings. The molecule has 0 bridgehead atoms. The van der Waals surface area contributed by atoms with Gasteiger partial charge in [-0.1, -0.05) is 24.3 Å².